The molecule has 1 saturated carbocycles. The second-order valence-corrected chi connectivity index (χ2v) is 6.79. The average Bonchev–Trinajstić information content (AvgIpc) is 3.28. The van der Waals surface area contributed by atoms with Crippen LogP contribution >= 0.6 is 0 Å². The van der Waals surface area contributed by atoms with Crippen molar-refractivity contribution in [1.29, 1.82) is 0 Å². The van der Waals surface area contributed by atoms with Gasteiger partial charge in [-0.15, -0.1) is 0 Å². The number of hydrogen-bond acceptors (Lipinski definition) is 3. The summed E-state index contributed by atoms with van der Waals surface area (Å²) in [5.74, 6) is 1.77. The Morgan fingerprint density at radius 2 is 1.95 bits per heavy atom. The van der Waals surface area contributed by atoms with Gasteiger partial charge in [0.2, 0.25) is 0 Å². The van der Waals surface area contributed by atoms with Gasteiger partial charge in [0.1, 0.15) is 0 Å². The van der Waals surface area contributed by atoms with Crippen LogP contribution in [0.25, 0.3) is 0 Å². The SMILES string of the molecule is CCCN1CCC(C(C)NCCCOCC2CC2)CC1. The van der Waals surface area contributed by atoms with Crippen LogP contribution in [0.5, 0.6) is 0 Å². The Labute approximate surface area is 125 Å². The molecule has 0 spiro atoms. The van der Waals surface area contributed by atoms with Gasteiger partial charge >= 0.3 is 0 Å². The van der Waals surface area contributed by atoms with Gasteiger partial charge < -0.3 is 15.0 Å². The van der Waals surface area contributed by atoms with E-state index in [1.54, 1.807) is 0 Å². The zero-order chi connectivity index (χ0) is 14.2. The van der Waals surface area contributed by atoms with Gasteiger partial charge in [-0.2, -0.15) is 0 Å². The Kier molecular flexibility index (Phi) is 7.32. The molecule has 1 unspecified atom stereocenters. The molecule has 0 amide bonds. The number of nitrogens with zero attached hydrogens (tertiary/aromatic N) is 1. The lowest BCUT2D eigenvalue weighted by Gasteiger charge is -2.35. The van der Waals surface area contributed by atoms with Crippen LogP contribution in [0.2, 0.25) is 0 Å². The molecule has 3 nitrogen and oxygen atoms in total. The molecule has 0 aromatic rings. The maximum absolute atomic E-state index is 5.68. The molecule has 118 valence electrons. The summed E-state index contributed by atoms with van der Waals surface area (Å²) in [6.07, 6.45) is 7.97. The van der Waals surface area contributed by atoms with E-state index in [1.165, 1.54) is 51.7 Å². The summed E-state index contributed by atoms with van der Waals surface area (Å²) in [6.45, 7) is 11.6. The smallest absolute Gasteiger partial charge is 0.0494 e. The number of nitrogens with one attached hydrogen (secondary N) is 1. The van der Waals surface area contributed by atoms with Gasteiger partial charge in [0.05, 0.1) is 0 Å². The van der Waals surface area contributed by atoms with Crippen LogP contribution < -0.4 is 5.32 Å². The Morgan fingerprint density at radius 1 is 1.20 bits per heavy atom. The molecule has 1 aliphatic heterocycles. The number of likely N-dealkylation sites (tertiary alicyclic amines) is 1. The van der Waals surface area contributed by atoms with E-state index in [9.17, 15) is 0 Å². The van der Waals surface area contributed by atoms with Crippen molar-refractivity contribution < 1.29 is 4.74 Å². The highest BCUT2D eigenvalue weighted by Crippen LogP contribution is 2.28. The predicted octanol–water partition coefficient (Wildman–Crippen LogP) is 2.90. The summed E-state index contributed by atoms with van der Waals surface area (Å²) < 4.78 is 5.68. The fraction of sp³-hybridized carbons (Fsp3) is 1.00. The Balaban J connectivity index is 1.46. The van der Waals surface area contributed by atoms with Gasteiger partial charge in [-0.1, -0.05) is 6.92 Å². The molecule has 2 fully saturated rings. The van der Waals surface area contributed by atoms with Gasteiger partial charge in [0.15, 0.2) is 0 Å². The summed E-state index contributed by atoms with van der Waals surface area (Å²) >= 11 is 0. The molecule has 1 atom stereocenters. The lowest BCUT2D eigenvalue weighted by molar-refractivity contribution is 0.119. The number of rotatable bonds is 10. The lowest BCUT2D eigenvalue weighted by Crippen LogP contribution is -2.42. The fourth-order valence-corrected chi connectivity index (χ4v) is 3.20. The normalized spacial score (nSPS) is 23.1. The van der Waals surface area contributed by atoms with E-state index in [0.717, 1.165) is 38.0 Å². The Hall–Kier alpha value is -0.120. The first-order valence-corrected chi connectivity index (χ1v) is 8.83. The summed E-state index contributed by atoms with van der Waals surface area (Å²) in [6, 6.07) is 0.669. The predicted molar refractivity (Wildman–Crippen MR) is 85.1 cm³/mol. The van der Waals surface area contributed by atoms with Crippen molar-refractivity contribution in [2.45, 2.75) is 58.4 Å². The van der Waals surface area contributed by atoms with Gasteiger partial charge in [0.25, 0.3) is 0 Å². The molecule has 1 heterocycles. The molecular formula is C17H34N2O. The summed E-state index contributed by atoms with van der Waals surface area (Å²) in [5.41, 5.74) is 0. The number of piperidine rings is 1. The molecule has 0 bridgehead atoms. The zero-order valence-corrected chi connectivity index (χ0v) is 13.6. The van der Waals surface area contributed by atoms with E-state index < -0.39 is 0 Å². The van der Waals surface area contributed by atoms with Crippen molar-refractivity contribution >= 4 is 0 Å². The topological polar surface area (TPSA) is 24.5 Å². The van der Waals surface area contributed by atoms with Gasteiger partial charge in [0, 0.05) is 19.3 Å². The molecule has 0 aromatic heterocycles. The largest absolute Gasteiger partial charge is 0.381 e. The van der Waals surface area contributed by atoms with Crippen molar-refractivity contribution in [3.05, 3.63) is 0 Å². The van der Waals surface area contributed by atoms with E-state index in [2.05, 4.69) is 24.1 Å². The van der Waals surface area contributed by atoms with Crippen molar-refractivity contribution in [1.82, 2.24) is 10.2 Å². The van der Waals surface area contributed by atoms with Gasteiger partial charge in [-0.05, 0) is 83.5 Å². The molecule has 1 N–H and O–H groups in total. The van der Waals surface area contributed by atoms with E-state index in [1.807, 2.05) is 0 Å². The van der Waals surface area contributed by atoms with Gasteiger partial charge in [-0.25, -0.2) is 0 Å². The Bertz CT molecular complexity index is 247. The van der Waals surface area contributed by atoms with Crippen molar-refractivity contribution in [3.63, 3.8) is 0 Å². The molecule has 0 radical (unpaired) electrons. The molecule has 1 saturated heterocycles. The minimum atomic E-state index is 0.669. The quantitative estimate of drug-likeness (QED) is 0.624. The first-order valence-electron chi connectivity index (χ1n) is 8.83. The average molecular weight is 282 g/mol. The molecule has 0 aromatic carbocycles. The monoisotopic (exact) mass is 282 g/mol. The molecule has 2 aliphatic rings. The first kappa shape index (κ1) is 16.3. The van der Waals surface area contributed by atoms with Crippen molar-refractivity contribution in [2.24, 2.45) is 11.8 Å². The summed E-state index contributed by atoms with van der Waals surface area (Å²) in [4.78, 5) is 2.62. The number of hydrogen-bond donors (Lipinski definition) is 1. The van der Waals surface area contributed by atoms with Crippen LogP contribution in [-0.4, -0.2) is 50.3 Å². The minimum Gasteiger partial charge on any atom is -0.381 e. The molecule has 3 heteroatoms. The standard InChI is InChI=1S/C17H34N2O/c1-3-10-19-11-7-17(8-12-19)15(2)18-9-4-13-20-14-16-5-6-16/h15-18H,3-14H2,1-2H3. The van der Waals surface area contributed by atoms with E-state index in [-0.39, 0.29) is 0 Å². The fourth-order valence-electron chi connectivity index (χ4n) is 3.20. The van der Waals surface area contributed by atoms with Crippen LogP contribution in [0.15, 0.2) is 0 Å². The first-order chi connectivity index (χ1) is 9.79. The maximum atomic E-state index is 5.68. The molecular weight excluding hydrogens is 248 g/mol. The number of ether oxygens (including phenoxy) is 1. The third kappa shape index (κ3) is 6.11. The highest BCUT2D eigenvalue weighted by atomic mass is 16.5. The molecule has 2 rings (SSSR count). The van der Waals surface area contributed by atoms with E-state index in [0.29, 0.717) is 6.04 Å². The zero-order valence-electron chi connectivity index (χ0n) is 13.6. The van der Waals surface area contributed by atoms with Crippen LogP contribution in [0.1, 0.15) is 52.4 Å². The van der Waals surface area contributed by atoms with E-state index in [4.69, 9.17) is 4.74 Å². The highest BCUT2D eigenvalue weighted by Gasteiger charge is 2.23. The lowest BCUT2D eigenvalue weighted by atomic mass is 9.90. The minimum absolute atomic E-state index is 0.669. The second-order valence-electron chi connectivity index (χ2n) is 6.79. The second kappa shape index (κ2) is 9.01. The van der Waals surface area contributed by atoms with Crippen LogP contribution in [0, 0.1) is 11.8 Å². The maximum Gasteiger partial charge on any atom is 0.0494 e. The van der Waals surface area contributed by atoms with Crippen molar-refractivity contribution in [3.8, 4) is 0 Å². The highest BCUT2D eigenvalue weighted by molar-refractivity contribution is 4.79. The van der Waals surface area contributed by atoms with Crippen LogP contribution in [0.3, 0.4) is 0 Å². The summed E-state index contributed by atoms with van der Waals surface area (Å²) in [5, 5.41) is 3.70. The van der Waals surface area contributed by atoms with Crippen molar-refractivity contribution in [2.75, 3.05) is 39.4 Å². The molecule has 1 aliphatic carbocycles. The third-order valence-electron chi connectivity index (χ3n) is 4.86. The summed E-state index contributed by atoms with van der Waals surface area (Å²) in [7, 11) is 0. The molecule has 20 heavy (non-hydrogen) atoms. The Morgan fingerprint density at radius 3 is 2.60 bits per heavy atom. The van der Waals surface area contributed by atoms with Gasteiger partial charge in [-0.3, -0.25) is 0 Å². The van der Waals surface area contributed by atoms with Crippen LogP contribution in [0.4, 0.5) is 0 Å². The van der Waals surface area contributed by atoms with E-state index >= 15 is 0 Å². The third-order valence-corrected chi connectivity index (χ3v) is 4.86. The van der Waals surface area contributed by atoms with Crippen LogP contribution in [-0.2, 0) is 4.74 Å².